The topological polar surface area (TPSA) is 54.9 Å². The van der Waals surface area contributed by atoms with E-state index >= 15 is 0 Å². The number of guanidine groups is 1. The number of nitrogens with one attached hydrogen (secondary N) is 2. The molecule has 0 fully saturated rings. The van der Waals surface area contributed by atoms with E-state index in [9.17, 15) is 4.39 Å². The molecule has 2 N–H and O–H groups in total. The summed E-state index contributed by atoms with van der Waals surface area (Å²) in [7, 11) is 1.72. The van der Waals surface area contributed by atoms with Crippen molar-refractivity contribution in [2.24, 2.45) is 4.99 Å². The molecule has 1 aliphatic heterocycles. The van der Waals surface area contributed by atoms with Gasteiger partial charge >= 0.3 is 0 Å². The maximum absolute atomic E-state index is 12.9. The molecule has 1 aliphatic rings. The second kappa shape index (κ2) is 8.37. The van der Waals surface area contributed by atoms with E-state index in [1.165, 1.54) is 12.1 Å². The first-order chi connectivity index (χ1) is 12.2. The predicted octanol–water partition coefficient (Wildman–Crippen LogP) is 3.22. The number of anilines is 1. The van der Waals surface area contributed by atoms with Gasteiger partial charge in [-0.05, 0) is 36.2 Å². The smallest absolute Gasteiger partial charge is 0.195 e. The van der Waals surface area contributed by atoms with Gasteiger partial charge in [-0.25, -0.2) is 4.39 Å². The lowest BCUT2D eigenvalue weighted by molar-refractivity contribution is 0.297. The van der Waals surface area contributed by atoms with Crippen LogP contribution in [0.1, 0.15) is 12.0 Å². The van der Waals surface area contributed by atoms with E-state index in [-0.39, 0.29) is 5.82 Å². The zero-order valence-corrected chi connectivity index (χ0v) is 14.2. The standard InChI is InChI=1S/C19H22FN3O2/c1-21-19(22-10-9-14-3-5-15(20)6-4-14)23-16-7-8-17-18(13-16)25-12-2-11-24-17/h3-8,13H,2,9-12H2,1H3,(H2,21,22,23). The van der Waals surface area contributed by atoms with Crippen molar-refractivity contribution in [1.82, 2.24) is 5.32 Å². The maximum Gasteiger partial charge on any atom is 0.195 e. The molecule has 0 spiro atoms. The fraction of sp³-hybridized carbons (Fsp3) is 0.316. The number of ether oxygens (including phenoxy) is 2. The van der Waals surface area contributed by atoms with Gasteiger partial charge in [0, 0.05) is 31.8 Å². The molecule has 0 amide bonds. The molecule has 0 atom stereocenters. The summed E-state index contributed by atoms with van der Waals surface area (Å²) in [5.41, 5.74) is 1.94. The van der Waals surface area contributed by atoms with Crippen molar-refractivity contribution in [2.75, 3.05) is 32.1 Å². The van der Waals surface area contributed by atoms with Crippen LogP contribution < -0.4 is 20.1 Å². The van der Waals surface area contributed by atoms with Crippen molar-refractivity contribution in [3.8, 4) is 11.5 Å². The van der Waals surface area contributed by atoms with Gasteiger partial charge in [0.05, 0.1) is 13.2 Å². The third-order valence-corrected chi connectivity index (χ3v) is 3.85. The Morgan fingerprint density at radius 1 is 1.08 bits per heavy atom. The number of hydrogen-bond acceptors (Lipinski definition) is 3. The van der Waals surface area contributed by atoms with Crippen LogP contribution in [0.25, 0.3) is 0 Å². The van der Waals surface area contributed by atoms with E-state index in [1.54, 1.807) is 19.2 Å². The van der Waals surface area contributed by atoms with Gasteiger partial charge in [0.25, 0.3) is 0 Å². The second-order valence-corrected chi connectivity index (χ2v) is 5.71. The normalized spacial score (nSPS) is 13.9. The summed E-state index contributed by atoms with van der Waals surface area (Å²) in [5.74, 6) is 1.95. The highest BCUT2D eigenvalue weighted by molar-refractivity contribution is 5.93. The number of nitrogens with zero attached hydrogens (tertiary/aromatic N) is 1. The van der Waals surface area contributed by atoms with Gasteiger partial charge in [0.2, 0.25) is 0 Å². The van der Waals surface area contributed by atoms with Crippen LogP contribution in [0.15, 0.2) is 47.5 Å². The van der Waals surface area contributed by atoms with E-state index in [2.05, 4.69) is 15.6 Å². The van der Waals surface area contributed by atoms with Gasteiger partial charge < -0.3 is 20.1 Å². The summed E-state index contributed by atoms with van der Waals surface area (Å²) in [4.78, 5) is 4.22. The van der Waals surface area contributed by atoms with Crippen LogP contribution in [-0.4, -0.2) is 32.8 Å². The Morgan fingerprint density at radius 3 is 2.60 bits per heavy atom. The van der Waals surface area contributed by atoms with E-state index in [0.717, 1.165) is 35.6 Å². The predicted molar refractivity (Wildman–Crippen MR) is 97.1 cm³/mol. The zero-order valence-electron chi connectivity index (χ0n) is 14.2. The lowest BCUT2D eigenvalue weighted by atomic mass is 10.1. The van der Waals surface area contributed by atoms with Crippen LogP contribution in [0.4, 0.5) is 10.1 Å². The molecule has 2 aromatic rings. The maximum atomic E-state index is 12.9. The molecule has 0 radical (unpaired) electrons. The van der Waals surface area contributed by atoms with Crippen molar-refractivity contribution in [3.05, 3.63) is 53.8 Å². The number of fused-ring (bicyclic) bond motifs is 1. The van der Waals surface area contributed by atoms with Crippen LogP contribution >= 0.6 is 0 Å². The Hall–Kier alpha value is -2.76. The number of aliphatic imine (C=N–C) groups is 1. The quantitative estimate of drug-likeness (QED) is 0.661. The molecule has 0 unspecified atom stereocenters. The molecule has 0 aromatic heterocycles. The first-order valence-electron chi connectivity index (χ1n) is 8.36. The molecular formula is C19H22FN3O2. The molecule has 1 heterocycles. The fourth-order valence-corrected chi connectivity index (χ4v) is 2.53. The molecule has 3 rings (SSSR count). The highest BCUT2D eigenvalue weighted by Gasteiger charge is 2.11. The lowest BCUT2D eigenvalue weighted by Gasteiger charge is -2.14. The SMILES string of the molecule is CN=C(NCCc1ccc(F)cc1)Nc1ccc2c(c1)OCCCO2. The zero-order chi connectivity index (χ0) is 17.5. The van der Waals surface area contributed by atoms with Crippen molar-refractivity contribution in [2.45, 2.75) is 12.8 Å². The van der Waals surface area contributed by atoms with Crippen molar-refractivity contribution >= 4 is 11.6 Å². The average molecular weight is 343 g/mol. The van der Waals surface area contributed by atoms with Crippen LogP contribution in [-0.2, 0) is 6.42 Å². The summed E-state index contributed by atoms with van der Waals surface area (Å²) in [5, 5.41) is 6.48. The van der Waals surface area contributed by atoms with Gasteiger partial charge in [-0.2, -0.15) is 0 Å². The first kappa shape index (κ1) is 17.1. The highest BCUT2D eigenvalue weighted by Crippen LogP contribution is 2.32. The van der Waals surface area contributed by atoms with Crippen molar-refractivity contribution in [3.63, 3.8) is 0 Å². The molecule has 6 heteroatoms. The van der Waals surface area contributed by atoms with Crippen molar-refractivity contribution < 1.29 is 13.9 Å². The first-order valence-corrected chi connectivity index (χ1v) is 8.36. The van der Waals surface area contributed by atoms with E-state index in [1.807, 2.05) is 18.2 Å². The fourth-order valence-electron chi connectivity index (χ4n) is 2.53. The Labute approximate surface area is 146 Å². The Morgan fingerprint density at radius 2 is 1.84 bits per heavy atom. The minimum Gasteiger partial charge on any atom is -0.490 e. The van der Waals surface area contributed by atoms with Gasteiger partial charge in [0.1, 0.15) is 5.82 Å². The average Bonchev–Trinajstić information content (AvgIpc) is 2.87. The highest BCUT2D eigenvalue weighted by atomic mass is 19.1. The van der Waals surface area contributed by atoms with Crippen LogP contribution in [0.5, 0.6) is 11.5 Å². The third-order valence-electron chi connectivity index (χ3n) is 3.85. The Kier molecular flexibility index (Phi) is 5.72. The number of hydrogen-bond donors (Lipinski definition) is 2. The molecular weight excluding hydrogens is 321 g/mol. The molecule has 2 aromatic carbocycles. The Bertz CT molecular complexity index is 732. The number of benzene rings is 2. The monoisotopic (exact) mass is 343 g/mol. The molecule has 5 nitrogen and oxygen atoms in total. The molecule has 0 saturated heterocycles. The van der Waals surface area contributed by atoms with Gasteiger partial charge in [-0.3, -0.25) is 4.99 Å². The van der Waals surface area contributed by atoms with Gasteiger partial charge in [0.15, 0.2) is 17.5 Å². The summed E-state index contributed by atoms with van der Waals surface area (Å²) in [6.07, 6.45) is 1.66. The molecule has 25 heavy (non-hydrogen) atoms. The molecule has 132 valence electrons. The van der Waals surface area contributed by atoms with Crippen LogP contribution in [0, 0.1) is 5.82 Å². The minimum absolute atomic E-state index is 0.219. The van der Waals surface area contributed by atoms with Crippen LogP contribution in [0.2, 0.25) is 0 Å². The number of halogens is 1. The minimum atomic E-state index is -0.219. The van der Waals surface area contributed by atoms with Crippen LogP contribution in [0.3, 0.4) is 0 Å². The van der Waals surface area contributed by atoms with E-state index < -0.39 is 0 Å². The van der Waals surface area contributed by atoms with Crippen molar-refractivity contribution in [1.29, 1.82) is 0 Å². The lowest BCUT2D eigenvalue weighted by Crippen LogP contribution is -2.32. The third kappa shape index (κ3) is 4.86. The molecule has 0 saturated carbocycles. The number of rotatable bonds is 4. The van der Waals surface area contributed by atoms with Gasteiger partial charge in [-0.15, -0.1) is 0 Å². The van der Waals surface area contributed by atoms with E-state index in [0.29, 0.717) is 25.7 Å². The van der Waals surface area contributed by atoms with Gasteiger partial charge in [-0.1, -0.05) is 12.1 Å². The molecule has 0 bridgehead atoms. The summed E-state index contributed by atoms with van der Waals surface area (Å²) in [6, 6.07) is 12.3. The summed E-state index contributed by atoms with van der Waals surface area (Å²) < 4.78 is 24.2. The Balaban J connectivity index is 1.55. The summed E-state index contributed by atoms with van der Waals surface area (Å²) >= 11 is 0. The largest absolute Gasteiger partial charge is 0.490 e. The van der Waals surface area contributed by atoms with E-state index in [4.69, 9.17) is 9.47 Å². The second-order valence-electron chi connectivity index (χ2n) is 5.71. The molecule has 0 aliphatic carbocycles. The summed E-state index contributed by atoms with van der Waals surface area (Å²) in [6.45, 7) is 2.02.